The van der Waals surface area contributed by atoms with E-state index < -0.39 is 32.3 Å². The van der Waals surface area contributed by atoms with Crippen molar-refractivity contribution in [2.75, 3.05) is 26.7 Å². The van der Waals surface area contributed by atoms with Crippen molar-refractivity contribution in [3.63, 3.8) is 0 Å². The fourth-order valence-electron chi connectivity index (χ4n) is 1.52. The normalized spacial score (nSPS) is 11.9. The molecule has 0 fully saturated rings. The van der Waals surface area contributed by atoms with Gasteiger partial charge in [-0.15, -0.1) is 0 Å². The predicted octanol–water partition coefficient (Wildman–Crippen LogP) is 1.52. The zero-order chi connectivity index (χ0) is 16.2. The summed E-state index contributed by atoms with van der Waals surface area (Å²) < 4.78 is 40.6. The van der Waals surface area contributed by atoms with E-state index in [9.17, 15) is 17.6 Å². The van der Waals surface area contributed by atoms with Crippen LogP contribution >= 0.6 is 15.9 Å². The first-order valence-electron chi connectivity index (χ1n) is 6.09. The zero-order valence-electron chi connectivity index (χ0n) is 11.6. The molecule has 21 heavy (non-hydrogen) atoms. The Morgan fingerprint density at radius 2 is 2.10 bits per heavy atom. The van der Waals surface area contributed by atoms with Crippen molar-refractivity contribution in [3.05, 3.63) is 28.0 Å². The van der Waals surface area contributed by atoms with Gasteiger partial charge in [0.05, 0.1) is 5.56 Å². The molecule has 6 nitrogen and oxygen atoms in total. The molecule has 0 saturated carbocycles. The third-order valence-corrected chi connectivity index (χ3v) is 4.77. The number of nitrogens with one attached hydrogen (secondary N) is 1. The van der Waals surface area contributed by atoms with Gasteiger partial charge in [-0.25, -0.2) is 22.3 Å². The Bertz CT molecular complexity index is 636. The molecule has 0 unspecified atom stereocenters. The van der Waals surface area contributed by atoms with Gasteiger partial charge < -0.3 is 10.0 Å². The van der Waals surface area contributed by atoms with E-state index in [4.69, 9.17) is 5.11 Å². The number of hydrogen-bond acceptors (Lipinski definition) is 4. The van der Waals surface area contributed by atoms with Crippen LogP contribution < -0.4 is 4.72 Å². The average Bonchev–Trinajstić information content (AvgIpc) is 2.40. The molecule has 118 valence electrons. The minimum Gasteiger partial charge on any atom is -0.478 e. The first-order chi connectivity index (χ1) is 9.69. The van der Waals surface area contributed by atoms with Gasteiger partial charge in [0.2, 0.25) is 10.0 Å². The molecule has 0 radical (unpaired) electrons. The topological polar surface area (TPSA) is 86.7 Å². The number of benzene rings is 1. The zero-order valence-corrected chi connectivity index (χ0v) is 14.0. The van der Waals surface area contributed by atoms with Gasteiger partial charge in [-0.2, -0.15) is 0 Å². The molecule has 0 aliphatic rings. The first kappa shape index (κ1) is 18.0. The number of sulfonamides is 1. The SMILES string of the molecule is CCN(C)CCNS(=O)(=O)c1cc(Br)cc(C(=O)O)c1F. The summed E-state index contributed by atoms with van der Waals surface area (Å²) in [5.41, 5.74) is -0.699. The van der Waals surface area contributed by atoms with Crippen molar-refractivity contribution in [3.8, 4) is 0 Å². The monoisotopic (exact) mass is 382 g/mol. The minimum atomic E-state index is -4.12. The summed E-state index contributed by atoms with van der Waals surface area (Å²) in [6.07, 6.45) is 0. The number of hydrogen-bond donors (Lipinski definition) is 2. The lowest BCUT2D eigenvalue weighted by Crippen LogP contribution is -2.33. The highest BCUT2D eigenvalue weighted by Crippen LogP contribution is 2.24. The molecule has 1 rings (SSSR count). The lowest BCUT2D eigenvalue weighted by Gasteiger charge is -2.14. The van der Waals surface area contributed by atoms with Gasteiger partial charge in [-0.05, 0) is 25.7 Å². The number of halogens is 2. The second-order valence-corrected chi connectivity index (χ2v) is 7.02. The van der Waals surface area contributed by atoms with E-state index in [1.165, 1.54) is 0 Å². The maximum absolute atomic E-state index is 14.0. The Kier molecular flexibility index (Phi) is 6.26. The highest BCUT2D eigenvalue weighted by atomic mass is 79.9. The number of carbonyl (C=O) groups is 1. The quantitative estimate of drug-likeness (QED) is 0.746. The molecular weight excluding hydrogens is 367 g/mol. The van der Waals surface area contributed by atoms with Crippen LogP contribution in [0, 0.1) is 5.82 Å². The van der Waals surface area contributed by atoms with Gasteiger partial charge in [-0.3, -0.25) is 0 Å². The number of rotatable bonds is 7. The van der Waals surface area contributed by atoms with Crippen LogP contribution in [0.25, 0.3) is 0 Å². The van der Waals surface area contributed by atoms with Gasteiger partial charge in [0, 0.05) is 17.6 Å². The molecule has 0 atom stereocenters. The third kappa shape index (κ3) is 4.73. The van der Waals surface area contributed by atoms with Crippen molar-refractivity contribution in [2.24, 2.45) is 0 Å². The average molecular weight is 383 g/mol. The van der Waals surface area contributed by atoms with Crippen LogP contribution in [0.5, 0.6) is 0 Å². The summed E-state index contributed by atoms with van der Waals surface area (Å²) in [5.74, 6) is -2.81. The number of carboxylic acid groups (broad SMARTS) is 1. The molecule has 1 aromatic carbocycles. The standard InChI is InChI=1S/C12H16BrFN2O4S/c1-3-16(2)5-4-15-21(19,20)10-7-8(13)6-9(11(10)14)12(17)18/h6-7,15H,3-5H2,1-2H3,(H,17,18). The van der Waals surface area contributed by atoms with Crippen LogP contribution in [0.3, 0.4) is 0 Å². The molecular formula is C12H16BrFN2O4S. The first-order valence-corrected chi connectivity index (χ1v) is 8.37. The molecule has 0 bridgehead atoms. The summed E-state index contributed by atoms with van der Waals surface area (Å²) in [4.78, 5) is 12.1. The maximum atomic E-state index is 14.0. The predicted molar refractivity (Wildman–Crippen MR) is 79.4 cm³/mol. The van der Waals surface area contributed by atoms with Gasteiger partial charge >= 0.3 is 5.97 Å². The number of carboxylic acids is 1. The van der Waals surface area contributed by atoms with Crippen molar-refractivity contribution in [2.45, 2.75) is 11.8 Å². The van der Waals surface area contributed by atoms with Crippen LogP contribution in [0.1, 0.15) is 17.3 Å². The van der Waals surface area contributed by atoms with Crippen molar-refractivity contribution < 1.29 is 22.7 Å². The molecule has 2 N–H and O–H groups in total. The molecule has 0 aliphatic carbocycles. The van der Waals surface area contributed by atoms with E-state index in [2.05, 4.69) is 20.7 Å². The lowest BCUT2D eigenvalue weighted by atomic mass is 10.2. The molecule has 0 aromatic heterocycles. The Morgan fingerprint density at radius 3 is 2.62 bits per heavy atom. The van der Waals surface area contributed by atoms with E-state index in [-0.39, 0.29) is 11.0 Å². The van der Waals surface area contributed by atoms with Crippen LogP contribution in [0.15, 0.2) is 21.5 Å². The smallest absolute Gasteiger partial charge is 0.338 e. The fraction of sp³-hybridized carbons (Fsp3) is 0.417. The fourth-order valence-corrected chi connectivity index (χ4v) is 3.28. The molecule has 0 saturated heterocycles. The van der Waals surface area contributed by atoms with Gasteiger partial charge in [-0.1, -0.05) is 22.9 Å². The highest BCUT2D eigenvalue weighted by molar-refractivity contribution is 9.10. The summed E-state index contributed by atoms with van der Waals surface area (Å²) in [6, 6.07) is 2.05. The molecule has 0 amide bonds. The van der Waals surface area contributed by atoms with Crippen molar-refractivity contribution in [1.82, 2.24) is 9.62 Å². The number of likely N-dealkylation sites (N-methyl/N-ethyl adjacent to an activating group) is 1. The molecule has 9 heteroatoms. The number of aromatic carboxylic acids is 1. The molecule has 1 aromatic rings. The van der Waals surface area contributed by atoms with Crippen molar-refractivity contribution >= 4 is 31.9 Å². The lowest BCUT2D eigenvalue weighted by molar-refractivity contribution is 0.0691. The summed E-state index contributed by atoms with van der Waals surface area (Å²) >= 11 is 2.98. The Hall–Kier alpha value is -1.03. The van der Waals surface area contributed by atoms with E-state index in [1.54, 1.807) is 0 Å². The van der Waals surface area contributed by atoms with Crippen molar-refractivity contribution in [1.29, 1.82) is 0 Å². The van der Waals surface area contributed by atoms with Crippen LogP contribution in [0.2, 0.25) is 0 Å². The van der Waals surface area contributed by atoms with Crippen LogP contribution in [-0.2, 0) is 10.0 Å². The summed E-state index contributed by atoms with van der Waals surface area (Å²) in [6.45, 7) is 3.22. The second kappa shape index (κ2) is 7.30. The van der Waals surface area contributed by atoms with E-state index in [0.29, 0.717) is 6.54 Å². The Morgan fingerprint density at radius 1 is 1.48 bits per heavy atom. The summed E-state index contributed by atoms with van der Waals surface area (Å²) in [5, 5.41) is 8.88. The van der Waals surface area contributed by atoms with Crippen LogP contribution in [0.4, 0.5) is 4.39 Å². The second-order valence-electron chi connectivity index (χ2n) is 4.36. The van der Waals surface area contributed by atoms with Gasteiger partial charge in [0.25, 0.3) is 0 Å². The molecule has 0 spiro atoms. The molecule has 0 heterocycles. The van der Waals surface area contributed by atoms with E-state index in [0.717, 1.165) is 18.7 Å². The maximum Gasteiger partial charge on any atom is 0.338 e. The number of nitrogens with zero attached hydrogens (tertiary/aromatic N) is 1. The highest BCUT2D eigenvalue weighted by Gasteiger charge is 2.24. The van der Waals surface area contributed by atoms with Gasteiger partial charge in [0.15, 0.2) is 5.82 Å². The van der Waals surface area contributed by atoms with E-state index >= 15 is 0 Å². The van der Waals surface area contributed by atoms with E-state index in [1.807, 2.05) is 18.9 Å². The summed E-state index contributed by atoms with van der Waals surface area (Å²) in [7, 11) is -2.30. The van der Waals surface area contributed by atoms with Crippen LogP contribution in [-0.4, -0.2) is 51.1 Å². The third-order valence-electron chi connectivity index (χ3n) is 2.85. The minimum absolute atomic E-state index is 0.0982. The molecule has 0 aliphatic heterocycles. The van der Waals surface area contributed by atoms with Gasteiger partial charge in [0.1, 0.15) is 4.90 Å². The largest absolute Gasteiger partial charge is 0.478 e. The Labute approximate surface area is 131 Å². The Balaban J connectivity index is 3.06.